The van der Waals surface area contributed by atoms with Crippen molar-refractivity contribution in [3.8, 4) is 0 Å². The van der Waals surface area contributed by atoms with E-state index in [4.69, 9.17) is 20.7 Å². The van der Waals surface area contributed by atoms with Gasteiger partial charge in [-0.15, -0.1) is 0 Å². The SMILES string of the molecule is CSCC[C@H](NC(=O)CN)C(=O)O.O=C(O)C(F)(F)F. The molecule has 0 unspecified atom stereocenters. The van der Waals surface area contributed by atoms with E-state index in [9.17, 15) is 22.8 Å². The zero-order valence-electron chi connectivity index (χ0n) is 10.4. The van der Waals surface area contributed by atoms with Crippen molar-refractivity contribution in [1.29, 1.82) is 0 Å². The first-order valence-corrected chi connectivity index (χ1v) is 6.46. The Morgan fingerprint density at radius 2 is 1.75 bits per heavy atom. The lowest BCUT2D eigenvalue weighted by Crippen LogP contribution is -2.43. The van der Waals surface area contributed by atoms with Crippen LogP contribution in [0.2, 0.25) is 0 Å². The summed E-state index contributed by atoms with van der Waals surface area (Å²) in [5.41, 5.74) is 5.04. The Kier molecular flexibility index (Phi) is 10.7. The van der Waals surface area contributed by atoms with E-state index in [1.807, 2.05) is 6.26 Å². The first kappa shape index (κ1) is 20.8. The average Bonchev–Trinajstić information content (AvgIpc) is 2.33. The van der Waals surface area contributed by atoms with E-state index < -0.39 is 30.1 Å². The summed E-state index contributed by atoms with van der Waals surface area (Å²) in [6, 6.07) is -0.816. The Balaban J connectivity index is 0. The number of carboxylic acid groups (broad SMARTS) is 2. The lowest BCUT2D eigenvalue weighted by Gasteiger charge is -2.12. The number of nitrogens with two attached hydrogens (primary N) is 1. The van der Waals surface area contributed by atoms with Crippen molar-refractivity contribution in [3.63, 3.8) is 0 Å². The van der Waals surface area contributed by atoms with E-state index in [2.05, 4.69) is 5.32 Å². The van der Waals surface area contributed by atoms with Gasteiger partial charge >= 0.3 is 18.1 Å². The van der Waals surface area contributed by atoms with Gasteiger partial charge in [0, 0.05) is 0 Å². The van der Waals surface area contributed by atoms with Crippen molar-refractivity contribution < 1.29 is 37.8 Å². The largest absolute Gasteiger partial charge is 0.490 e. The molecule has 20 heavy (non-hydrogen) atoms. The van der Waals surface area contributed by atoms with Gasteiger partial charge < -0.3 is 21.3 Å². The molecule has 0 rings (SSSR count). The molecule has 0 aliphatic heterocycles. The Labute approximate surface area is 116 Å². The normalized spacial score (nSPS) is 11.8. The average molecular weight is 320 g/mol. The smallest absolute Gasteiger partial charge is 0.480 e. The van der Waals surface area contributed by atoms with Crippen LogP contribution in [0.5, 0.6) is 0 Å². The highest BCUT2D eigenvalue weighted by Gasteiger charge is 2.38. The molecule has 1 atom stereocenters. The van der Waals surface area contributed by atoms with Crippen molar-refractivity contribution in [2.75, 3.05) is 18.6 Å². The summed E-state index contributed by atoms with van der Waals surface area (Å²) >= 11 is 1.54. The maximum Gasteiger partial charge on any atom is 0.490 e. The number of carbonyl (C=O) groups is 3. The van der Waals surface area contributed by atoms with E-state index in [1.165, 1.54) is 11.8 Å². The maximum absolute atomic E-state index is 10.8. The fraction of sp³-hybridized carbons (Fsp3) is 0.667. The van der Waals surface area contributed by atoms with Gasteiger partial charge in [0.15, 0.2) is 0 Å². The highest BCUT2D eigenvalue weighted by atomic mass is 32.2. The highest BCUT2D eigenvalue weighted by Crippen LogP contribution is 2.13. The fourth-order valence-corrected chi connectivity index (χ4v) is 1.22. The molecule has 0 aromatic heterocycles. The van der Waals surface area contributed by atoms with Gasteiger partial charge in [-0.25, -0.2) is 9.59 Å². The minimum absolute atomic E-state index is 0.178. The maximum atomic E-state index is 10.8. The molecule has 0 saturated heterocycles. The summed E-state index contributed by atoms with van der Waals surface area (Å²) in [5, 5.41) is 18.1. The van der Waals surface area contributed by atoms with Gasteiger partial charge in [0.1, 0.15) is 6.04 Å². The summed E-state index contributed by atoms with van der Waals surface area (Å²) in [5.74, 6) is -3.51. The molecule has 0 saturated carbocycles. The molecule has 0 aromatic carbocycles. The molecule has 0 radical (unpaired) electrons. The molecule has 0 fully saturated rings. The second-order valence-corrected chi connectivity index (χ2v) is 4.23. The molecule has 0 spiro atoms. The molecule has 118 valence electrons. The summed E-state index contributed by atoms with van der Waals surface area (Å²) in [6.45, 7) is -0.178. The van der Waals surface area contributed by atoms with Crippen LogP contribution in [0.4, 0.5) is 13.2 Å². The molecule has 0 aliphatic carbocycles. The number of halogens is 3. The number of nitrogens with one attached hydrogen (secondary N) is 1. The van der Waals surface area contributed by atoms with Gasteiger partial charge in [0.05, 0.1) is 6.54 Å². The van der Waals surface area contributed by atoms with Crippen molar-refractivity contribution in [3.05, 3.63) is 0 Å². The summed E-state index contributed by atoms with van der Waals surface area (Å²) < 4.78 is 31.7. The van der Waals surface area contributed by atoms with Gasteiger partial charge in [-0.2, -0.15) is 24.9 Å². The zero-order chi connectivity index (χ0) is 16.3. The number of hydrogen-bond acceptors (Lipinski definition) is 5. The highest BCUT2D eigenvalue weighted by molar-refractivity contribution is 7.98. The monoisotopic (exact) mass is 320 g/mol. The van der Waals surface area contributed by atoms with Crippen LogP contribution in [0, 0.1) is 0 Å². The summed E-state index contributed by atoms with van der Waals surface area (Å²) in [4.78, 5) is 30.3. The van der Waals surface area contributed by atoms with Crippen molar-refractivity contribution in [2.45, 2.75) is 18.6 Å². The molecular weight excluding hydrogens is 305 g/mol. The molecule has 7 nitrogen and oxygen atoms in total. The Hall–Kier alpha value is -1.49. The van der Waals surface area contributed by atoms with Crippen LogP contribution in [0.25, 0.3) is 0 Å². The van der Waals surface area contributed by atoms with Gasteiger partial charge in [-0.05, 0) is 18.4 Å². The van der Waals surface area contributed by atoms with Crippen LogP contribution < -0.4 is 11.1 Å². The lowest BCUT2D eigenvalue weighted by atomic mass is 10.2. The summed E-state index contributed by atoms with van der Waals surface area (Å²) in [6.07, 6.45) is -2.79. The van der Waals surface area contributed by atoms with Crippen LogP contribution in [-0.2, 0) is 14.4 Å². The number of amides is 1. The van der Waals surface area contributed by atoms with Crippen LogP contribution in [0.3, 0.4) is 0 Å². The number of carboxylic acids is 2. The van der Waals surface area contributed by atoms with E-state index in [0.717, 1.165) is 0 Å². The number of aliphatic carboxylic acids is 2. The van der Waals surface area contributed by atoms with E-state index in [-0.39, 0.29) is 6.54 Å². The van der Waals surface area contributed by atoms with Crippen LogP contribution in [0.1, 0.15) is 6.42 Å². The zero-order valence-corrected chi connectivity index (χ0v) is 11.3. The molecule has 0 aromatic rings. The second kappa shape index (κ2) is 10.3. The molecule has 0 bridgehead atoms. The number of alkyl halides is 3. The molecular formula is C9H15F3N2O5S. The molecule has 0 aliphatic rings. The quantitative estimate of drug-likeness (QED) is 0.537. The van der Waals surface area contributed by atoms with Crippen LogP contribution in [0.15, 0.2) is 0 Å². The number of rotatable bonds is 6. The first-order chi connectivity index (χ1) is 9.06. The topological polar surface area (TPSA) is 130 Å². The minimum Gasteiger partial charge on any atom is -0.480 e. The Morgan fingerprint density at radius 1 is 1.30 bits per heavy atom. The van der Waals surface area contributed by atoms with Crippen LogP contribution >= 0.6 is 11.8 Å². The number of thioether (sulfide) groups is 1. The van der Waals surface area contributed by atoms with Crippen molar-refractivity contribution in [1.82, 2.24) is 5.32 Å². The van der Waals surface area contributed by atoms with Crippen molar-refractivity contribution >= 4 is 29.6 Å². The second-order valence-electron chi connectivity index (χ2n) is 3.25. The predicted molar refractivity (Wildman–Crippen MR) is 65.3 cm³/mol. The van der Waals surface area contributed by atoms with Crippen molar-refractivity contribution in [2.24, 2.45) is 5.73 Å². The molecule has 5 N–H and O–H groups in total. The Morgan fingerprint density at radius 3 is 2.00 bits per heavy atom. The van der Waals surface area contributed by atoms with E-state index >= 15 is 0 Å². The fourth-order valence-electron chi connectivity index (χ4n) is 0.746. The number of hydrogen-bond donors (Lipinski definition) is 4. The standard InChI is InChI=1S/C7H14N2O3S.C2HF3O2/c1-13-3-2-5(7(11)12)9-6(10)4-8;3-2(4,5)1(6)7/h5H,2-4,8H2,1H3,(H,9,10)(H,11,12);(H,6,7)/t5-;/m0./s1. The third-order valence-corrected chi connectivity index (χ3v) is 2.32. The van der Waals surface area contributed by atoms with Gasteiger partial charge in [-0.1, -0.05) is 0 Å². The predicted octanol–water partition coefficient (Wildman–Crippen LogP) is -0.0991. The Bertz CT molecular complexity index is 338. The van der Waals surface area contributed by atoms with E-state index in [1.54, 1.807) is 0 Å². The third-order valence-electron chi connectivity index (χ3n) is 1.67. The lowest BCUT2D eigenvalue weighted by molar-refractivity contribution is -0.192. The molecule has 0 heterocycles. The van der Waals surface area contributed by atoms with Gasteiger partial charge in [-0.3, -0.25) is 4.79 Å². The van der Waals surface area contributed by atoms with Gasteiger partial charge in [0.25, 0.3) is 0 Å². The number of carbonyl (C=O) groups excluding carboxylic acids is 1. The molecule has 11 heteroatoms. The van der Waals surface area contributed by atoms with Gasteiger partial charge in [0.2, 0.25) is 5.91 Å². The first-order valence-electron chi connectivity index (χ1n) is 5.07. The minimum atomic E-state index is -5.08. The summed E-state index contributed by atoms with van der Waals surface area (Å²) in [7, 11) is 0. The van der Waals surface area contributed by atoms with E-state index in [0.29, 0.717) is 12.2 Å². The van der Waals surface area contributed by atoms with Crippen LogP contribution in [-0.4, -0.2) is 58.8 Å². The third kappa shape index (κ3) is 11.6. The molecule has 1 amide bonds.